The Morgan fingerprint density at radius 1 is 1.37 bits per heavy atom. The van der Waals surface area contributed by atoms with E-state index < -0.39 is 0 Å². The van der Waals surface area contributed by atoms with Crippen molar-refractivity contribution in [3.8, 4) is 5.88 Å². The van der Waals surface area contributed by atoms with Gasteiger partial charge in [-0.15, -0.1) is 0 Å². The maximum absolute atomic E-state index is 5.18. The molecule has 0 radical (unpaired) electrons. The van der Waals surface area contributed by atoms with Crippen LogP contribution in [0.2, 0.25) is 0 Å². The van der Waals surface area contributed by atoms with Crippen LogP contribution in [0.1, 0.15) is 31.9 Å². The third-order valence-electron chi connectivity index (χ3n) is 4.74. The van der Waals surface area contributed by atoms with E-state index in [4.69, 9.17) is 4.74 Å². The van der Waals surface area contributed by atoms with Crippen LogP contribution in [0.4, 0.5) is 0 Å². The molecule has 19 heavy (non-hydrogen) atoms. The number of aromatic nitrogens is 2. The third kappa shape index (κ3) is 2.59. The predicted octanol–water partition coefficient (Wildman–Crippen LogP) is 2.05. The minimum atomic E-state index is 0.569. The first-order valence-electron chi connectivity index (χ1n) is 7.41. The molecule has 3 atom stereocenters. The van der Waals surface area contributed by atoms with E-state index in [-0.39, 0.29) is 0 Å². The van der Waals surface area contributed by atoms with E-state index in [1.165, 1.54) is 19.3 Å². The van der Waals surface area contributed by atoms with Crippen molar-refractivity contribution in [2.75, 3.05) is 13.7 Å². The largest absolute Gasteiger partial charge is 0.481 e. The van der Waals surface area contributed by atoms with E-state index in [2.05, 4.69) is 22.2 Å². The number of likely N-dealkylation sites (N-methyl/N-ethyl adjacent to an activating group) is 1. The first kappa shape index (κ1) is 12.9. The molecule has 3 rings (SSSR count). The quantitative estimate of drug-likeness (QED) is 0.851. The Kier molecular flexibility index (Phi) is 3.69. The van der Waals surface area contributed by atoms with Crippen molar-refractivity contribution in [2.24, 2.45) is 17.8 Å². The summed E-state index contributed by atoms with van der Waals surface area (Å²) >= 11 is 0. The Morgan fingerprint density at radius 3 is 2.84 bits per heavy atom. The van der Waals surface area contributed by atoms with Crippen molar-refractivity contribution in [1.29, 1.82) is 0 Å². The minimum absolute atomic E-state index is 0.569. The Hall–Kier alpha value is -1.16. The normalized spacial score (nSPS) is 29.9. The lowest BCUT2D eigenvalue weighted by atomic mass is 9.99. The molecule has 2 saturated carbocycles. The monoisotopic (exact) mass is 261 g/mol. The van der Waals surface area contributed by atoms with Crippen LogP contribution >= 0.6 is 0 Å². The van der Waals surface area contributed by atoms with Crippen LogP contribution < -0.4 is 10.1 Å². The second-order valence-corrected chi connectivity index (χ2v) is 5.76. The minimum Gasteiger partial charge on any atom is -0.481 e. The van der Waals surface area contributed by atoms with Gasteiger partial charge >= 0.3 is 0 Å². The lowest BCUT2D eigenvalue weighted by molar-refractivity contribution is 0.390. The van der Waals surface area contributed by atoms with Gasteiger partial charge in [-0.25, -0.2) is 9.97 Å². The van der Waals surface area contributed by atoms with Crippen LogP contribution in [0.5, 0.6) is 5.88 Å². The molecule has 2 fully saturated rings. The number of rotatable bonds is 6. The number of hydrogen-bond donors (Lipinski definition) is 1. The fraction of sp³-hybridized carbons (Fsp3) is 0.733. The number of nitrogens with zero attached hydrogens (tertiary/aromatic N) is 2. The van der Waals surface area contributed by atoms with Crippen molar-refractivity contribution in [1.82, 2.24) is 15.3 Å². The summed E-state index contributed by atoms with van der Waals surface area (Å²) < 4.78 is 5.18. The van der Waals surface area contributed by atoms with Gasteiger partial charge < -0.3 is 10.1 Å². The van der Waals surface area contributed by atoms with Crippen molar-refractivity contribution in [3.63, 3.8) is 0 Å². The second kappa shape index (κ2) is 5.45. The van der Waals surface area contributed by atoms with Gasteiger partial charge in [0.25, 0.3) is 0 Å². The van der Waals surface area contributed by atoms with Gasteiger partial charge in [-0.3, -0.25) is 0 Å². The number of ether oxygens (including phenoxy) is 1. The number of methoxy groups -OCH3 is 1. The molecular formula is C15H23N3O. The van der Waals surface area contributed by atoms with Crippen LogP contribution in [0.15, 0.2) is 12.4 Å². The first-order chi connectivity index (χ1) is 9.33. The molecule has 1 aromatic heterocycles. The zero-order valence-corrected chi connectivity index (χ0v) is 11.8. The molecule has 3 unspecified atom stereocenters. The van der Waals surface area contributed by atoms with Gasteiger partial charge in [0.15, 0.2) is 0 Å². The molecular weight excluding hydrogens is 238 g/mol. The van der Waals surface area contributed by atoms with Gasteiger partial charge in [0.2, 0.25) is 5.88 Å². The Labute approximate surface area is 115 Å². The summed E-state index contributed by atoms with van der Waals surface area (Å²) in [5, 5.41) is 3.66. The molecule has 4 heteroatoms. The van der Waals surface area contributed by atoms with Gasteiger partial charge in [-0.1, -0.05) is 13.3 Å². The van der Waals surface area contributed by atoms with Crippen molar-refractivity contribution in [3.05, 3.63) is 18.1 Å². The molecule has 2 aliphatic rings. The van der Waals surface area contributed by atoms with E-state index in [1.807, 2.05) is 6.07 Å². The van der Waals surface area contributed by atoms with E-state index in [9.17, 15) is 0 Å². The summed E-state index contributed by atoms with van der Waals surface area (Å²) in [6, 6.07) is 2.53. The number of fused-ring (bicyclic) bond motifs is 1. The van der Waals surface area contributed by atoms with Crippen LogP contribution in [-0.2, 0) is 6.42 Å². The Morgan fingerprint density at radius 2 is 2.16 bits per heavy atom. The van der Waals surface area contributed by atoms with Gasteiger partial charge in [-0.2, -0.15) is 0 Å². The SMILES string of the molecule is CCNC(Cc1cc(OC)ncn1)C1C2CCCC21. The highest BCUT2D eigenvalue weighted by Gasteiger charge is 2.55. The molecule has 0 bridgehead atoms. The van der Waals surface area contributed by atoms with Gasteiger partial charge in [0.05, 0.1) is 7.11 Å². The first-order valence-corrected chi connectivity index (χ1v) is 7.41. The van der Waals surface area contributed by atoms with Gasteiger partial charge in [0.1, 0.15) is 6.33 Å². The summed E-state index contributed by atoms with van der Waals surface area (Å²) in [5.74, 6) is 3.49. The predicted molar refractivity (Wildman–Crippen MR) is 74.1 cm³/mol. The van der Waals surface area contributed by atoms with E-state index in [0.29, 0.717) is 11.9 Å². The van der Waals surface area contributed by atoms with Gasteiger partial charge in [0, 0.05) is 24.2 Å². The maximum Gasteiger partial charge on any atom is 0.216 e. The molecule has 0 amide bonds. The zero-order valence-electron chi connectivity index (χ0n) is 11.8. The topological polar surface area (TPSA) is 47.0 Å². The molecule has 1 N–H and O–H groups in total. The summed E-state index contributed by atoms with van der Waals surface area (Å²) in [4.78, 5) is 8.46. The Balaban J connectivity index is 1.67. The van der Waals surface area contributed by atoms with Crippen molar-refractivity contribution < 1.29 is 4.74 Å². The number of nitrogens with one attached hydrogen (secondary N) is 1. The highest BCUT2D eigenvalue weighted by atomic mass is 16.5. The van der Waals surface area contributed by atoms with E-state index in [1.54, 1.807) is 13.4 Å². The fourth-order valence-corrected chi connectivity index (χ4v) is 3.91. The lowest BCUT2D eigenvalue weighted by Gasteiger charge is -2.19. The number of hydrogen-bond acceptors (Lipinski definition) is 4. The van der Waals surface area contributed by atoms with Crippen LogP contribution in [0.3, 0.4) is 0 Å². The standard InChI is InChI=1S/C15H23N3O/c1-3-16-13(15-11-5-4-6-12(11)15)7-10-8-14(19-2)18-9-17-10/h8-9,11-13,15-16H,3-7H2,1-2H3. The Bertz CT molecular complexity index is 427. The van der Waals surface area contributed by atoms with Crippen molar-refractivity contribution >= 4 is 0 Å². The summed E-state index contributed by atoms with van der Waals surface area (Å²) in [6.07, 6.45) is 6.90. The molecule has 2 aliphatic carbocycles. The average molecular weight is 261 g/mol. The molecule has 0 aromatic carbocycles. The summed E-state index contributed by atoms with van der Waals surface area (Å²) in [5.41, 5.74) is 1.09. The molecule has 0 aliphatic heterocycles. The molecule has 104 valence electrons. The van der Waals surface area contributed by atoms with E-state index in [0.717, 1.165) is 36.4 Å². The van der Waals surface area contributed by atoms with Crippen LogP contribution in [-0.4, -0.2) is 29.7 Å². The maximum atomic E-state index is 5.18. The fourth-order valence-electron chi connectivity index (χ4n) is 3.91. The summed E-state index contributed by atoms with van der Waals surface area (Å²) in [6.45, 7) is 3.22. The zero-order chi connectivity index (χ0) is 13.2. The van der Waals surface area contributed by atoms with Crippen molar-refractivity contribution in [2.45, 2.75) is 38.6 Å². The van der Waals surface area contributed by atoms with E-state index >= 15 is 0 Å². The molecule has 0 spiro atoms. The molecule has 1 heterocycles. The summed E-state index contributed by atoms with van der Waals surface area (Å²) in [7, 11) is 1.65. The average Bonchev–Trinajstić information content (AvgIpc) is 2.91. The second-order valence-electron chi connectivity index (χ2n) is 5.76. The molecule has 4 nitrogen and oxygen atoms in total. The van der Waals surface area contributed by atoms with Gasteiger partial charge in [-0.05, 0) is 37.1 Å². The third-order valence-corrected chi connectivity index (χ3v) is 4.74. The molecule has 0 saturated heterocycles. The lowest BCUT2D eigenvalue weighted by Crippen LogP contribution is -2.34. The van der Waals surface area contributed by atoms with Crippen LogP contribution in [0, 0.1) is 17.8 Å². The smallest absolute Gasteiger partial charge is 0.216 e. The highest BCUT2D eigenvalue weighted by molar-refractivity contribution is 5.16. The highest BCUT2D eigenvalue weighted by Crippen LogP contribution is 2.59. The molecule has 1 aromatic rings. The van der Waals surface area contributed by atoms with Crippen LogP contribution in [0.25, 0.3) is 0 Å².